The first kappa shape index (κ1) is 71.8. The van der Waals surface area contributed by atoms with E-state index in [0.29, 0.717) is 12.8 Å². The molecule has 0 saturated heterocycles. The Morgan fingerprint density at radius 3 is 1.27 bits per heavy atom. The molecule has 4 amide bonds. The Bertz CT molecular complexity index is 1880. The van der Waals surface area contributed by atoms with Crippen molar-refractivity contribution in [2.24, 2.45) is 0 Å². The summed E-state index contributed by atoms with van der Waals surface area (Å²) < 4.78 is 43.1. The number of nitrogens with one attached hydrogen (secondary N) is 4. The van der Waals surface area contributed by atoms with Crippen LogP contribution in [0.2, 0.25) is 0 Å². The predicted molar refractivity (Wildman–Crippen MR) is 299 cm³/mol. The van der Waals surface area contributed by atoms with Crippen LogP contribution in [0.15, 0.2) is 30.3 Å². The van der Waals surface area contributed by atoms with E-state index in [1.54, 1.807) is 41.5 Å². The van der Waals surface area contributed by atoms with Gasteiger partial charge in [-0.25, -0.2) is 14.4 Å². The van der Waals surface area contributed by atoms with Gasteiger partial charge in [0.1, 0.15) is 48.7 Å². The number of unbranched alkanes of at least 4 members (excludes halogenated alkanes) is 13. The van der Waals surface area contributed by atoms with Gasteiger partial charge in [0, 0.05) is 38.8 Å². The molecule has 0 aliphatic heterocycles. The van der Waals surface area contributed by atoms with Gasteiger partial charge in [-0.05, 0) is 93.6 Å². The van der Waals surface area contributed by atoms with Gasteiger partial charge in [0.2, 0.25) is 23.6 Å². The van der Waals surface area contributed by atoms with E-state index < -0.39 is 52.7 Å². The number of carbonyl (C=O) groups excluding carboxylic acids is 8. The average Bonchev–Trinajstić information content (AvgIpc) is 3.35. The van der Waals surface area contributed by atoms with Gasteiger partial charge in [0.15, 0.2) is 0 Å². The zero-order valence-corrected chi connectivity index (χ0v) is 49.5. The van der Waals surface area contributed by atoms with Crippen molar-refractivity contribution >= 4 is 47.5 Å². The Morgan fingerprint density at radius 2 is 0.797 bits per heavy atom. The summed E-state index contributed by atoms with van der Waals surface area (Å²) >= 11 is 0. The molecule has 20 heteroatoms. The van der Waals surface area contributed by atoms with Crippen molar-refractivity contribution in [1.82, 2.24) is 21.3 Å². The van der Waals surface area contributed by atoms with Crippen LogP contribution >= 0.6 is 0 Å². The molecule has 0 aromatic heterocycles. The summed E-state index contributed by atoms with van der Waals surface area (Å²) in [7, 11) is 0. The smallest absolute Gasteiger partial charge is 0.332 e. The Labute approximate surface area is 471 Å². The SMILES string of the molecule is CC(C)(C)OC(=O)CCCCCCCCCCCCCCCCC(=O)N[C@@H](CCC(=O)N[C@@H](CCC(=O)NCCOCCOCC(=O)NCCOCCOCC(=O)OCc1ccccc1)C(=O)OC(C)(C)C)C(=O)OC(C)(C)C. The third-order valence-electron chi connectivity index (χ3n) is 11.4. The molecule has 0 radical (unpaired) electrons. The van der Waals surface area contributed by atoms with E-state index in [9.17, 15) is 38.4 Å². The maximum Gasteiger partial charge on any atom is 0.332 e. The van der Waals surface area contributed by atoms with E-state index in [1.807, 2.05) is 51.1 Å². The van der Waals surface area contributed by atoms with Gasteiger partial charge in [0.25, 0.3) is 0 Å². The first-order valence-electron chi connectivity index (χ1n) is 28.7. The lowest BCUT2D eigenvalue weighted by atomic mass is 10.0. The van der Waals surface area contributed by atoms with E-state index in [-0.39, 0.29) is 128 Å². The molecule has 0 fully saturated rings. The van der Waals surface area contributed by atoms with E-state index in [0.717, 1.165) is 50.5 Å². The highest BCUT2D eigenvalue weighted by Gasteiger charge is 2.30. The van der Waals surface area contributed by atoms with Crippen molar-refractivity contribution in [1.29, 1.82) is 0 Å². The largest absolute Gasteiger partial charge is 0.460 e. The van der Waals surface area contributed by atoms with E-state index in [4.69, 9.17) is 37.9 Å². The van der Waals surface area contributed by atoms with Crippen LogP contribution in [0.1, 0.15) is 196 Å². The fourth-order valence-electron chi connectivity index (χ4n) is 7.60. The van der Waals surface area contributed by atoms with E-state index in [1.165, 1.54) is 38.5 Å². The lowest BCUT2D eigenvalue weighted by Crippen LogP contribution is -2.47. The van der Waals surface area contributed by atoms with Crippen LogP contribution in [0, 0.1) is 0 Å². The summed E-state index contributed by atoms with van der Waals surface area (Å²) in [5.41, 5.74) is -1.24. The molecular formula is C59H100N4O16. The van der Waals surface area contributed by atoms with Crippen molar-refractivity contribution in [3.05, 3.63) is 35.9 Å². The van der Waals surface area contributed by atoms with Crippen molar-refractivity contribution in [3.8, 4) is 0 Å². The molecule has 2 atom stereocenters. The summed E-state index contributed by atoms with van der Waals surface area (Å²) in [6.45, 7) is 17.2. The molecule has 0 aliphatic rings. The molecule has 0 saturated carbocycles. The first-order valence-corrected chi connectivity index (χ1v) is 28.7. The minimum atomic E-state index is -1.16. The molecule has 1 aromatic rings. The zero-order valence-electron chi connectivity index (χ0n) is 49.5. The monoisotopic (exact) mass is 1120 g/mol. The maximum absolute atomic E-state index is 13.3. The number of hydrogen-bond acceptors (Lipinski definition) is 16. The molecule has 452 valence electrons. The van der Waals surface area contributed by atoms with Gasteiger partial charge >= 0.3 is 23.9 Å². The molecule has 20 nitrogen and oxygen atoms in total. The second-order valence-corrected chi connectivity index (χ2v) is 22.6. The Kier molecular flexibility index (Phi) is 38.8. The fourth-order valence-corrected chi connectivity index (χ4v) is 7.60. The van der Waals surface area contributed by atoms with Gasteiger partial charge in [0.05, 0.1) is 39.6 Å². The molecule has 4 N–H and O–H groups in total. The van der Waals surface area contributed by atoms with Crippen LogP contribution in [-0.2, 0) is 82.9 Å². The number of rotatable bonds is 45. The molecule has 0 bridgehead atoms. The van der Waals surface area contributed by atoms with E-state index >= 15 is 0 Å². The first-order chi connectivity index (χ1) is 37.4. The van der Waals surface area contributed by atoms with Crippen LogP contribution in [0.5, 0.6) is 0 Å². The molecule has 1 aromatic carbocycles. The topological polar surface area (TPSA) is 259 Å². The number of hydrogen-bond donors (Lipinski definition) is 4. The highest BCUT2D eigenvalue weighted by atomic mass is 16.6. The molecule has 79 heavy (non-hydrogen) atoms. The summed E-state index contributed by atoms with van der Waals surface area (Å²) in [5, 5.41) is 10.8. The molecule has 0 unspecified atom stereocenters. The summed E-state index contributed by atoms with van der Waals surface area (Å²) in [6.07, 6.45) is 15.4. The second-order valence-electron chi connectivity index (χ2n) is 22.6. The van der Waals surface area contributed by atoms with Gasteiger partial charge in [-0.2, -0.15) is 0 Å². The van der Waals surface area contributed by atoms with Gasteiger partial charge in [-0.3, -0.25) is 24.0 Å². The Hall–Kier alpha value is -5.18. The normalized spacial score (nSPS) is 12.4. The molecule has 1 rings (SSSR count). The lowest BCUT2D eigenvalue weighted by Gasteiger charge is -2.26. The average molecular weight is 1120 g/mol. The third-order valence-corrected chi connectivity index (χ3v) is 11.4. The zero-order chi connectivity index (χ0) is 58.8. The quantitative estimate of drug-likeness (QED) is 0.0276. The highest BCUT2D eigenvalue weighted by molar-refractivity contribution is 5.87. The van der Waals surface area contributed by atoms with Gasteiger partial charge < -0.3 is 59.2 Å². The van der Waals surface area contributed by atoms with Crippen molar-refractivity contribution in [3.63, 3.8) is 0 Å². The number of carbonyl (C=O) groups is 8. The number of benzene rings is 1. The number of esters is 4. The van der Waals surface area contributed by atoms with Crippen molar-refractivity contribution in [2.75, 3.05) is 65.9 Å². The van der Waals surface area contributed by atoms with E-state index in [2.05, 4.69) is 21.3 Å². The van der Waals surface area contributed by atoms with Crippen molar-refractivity contribution in [2.45, 2.75) is 226 Å². The Balaban J connectivity index is 2.32. The predicted octanol–water partition coefficient (Wildman–Crippen LogP) is 7.83. The van der Waals surface area contributed by atoms with Crippen LogP contribution in [0.3, 0.4) is 0 Å². The number of ether oxygens (including phenoxy) is 8. The standard InChI is InChI=1S/C59H100N4O16/c1-57(2,3)77-53(68)30-26-21-19-17-15-13-11-10-12-14-16-18-20-25-29-50(65)62-48(56(71)79-59(7,8)9)32-34-51(66)63-47(55(70)78-58(4,5)6)31-33-49(64)60-35-37-72-39-41-74-44-52(67)61-36-38-73-40-42-75-45-54(69)76-43-46-27-23-22-24-28-46/h22-24,27-28,47-48H,10-21,25-26,29-45H2,1-9H3,(H,60,64)(H,61,67)(H,62,65)(H,63,66)/t47-,48-/m0/s1. The molecule has 0 heterocycles. The minimum absolute atomic E-state index is 0.0637. The second kappa shape index (κ2) is 42.7. The lowest BCUT2D eigenvalue weighted by molar-refractivity contribution is -0.160. The molecule has 0 spiro atoms. The summed E-state index contributed by atoms with van der Waals surface area (Å²) in [6, 6.07) is 7.07. The van der Waals surface area contributed by atoms with Crippen LogP contribution < -0.4 is 21.3 Å². The molecule has 0 aliphatic carbocycles. The van der Waals surface area contributed by atoms with Crippen LogP contribution in [0.4, 0.5) is 0 Å². The third kappa shape index (κ3) is 45.3. The molecular weight excluding hydrogens is 1020 g/mol. The number of amides is 4. The maximum atomic E-state index is 13.3. The van der Waals surface area contributed by atoms with Crippen molar-refractivity contribution < 1.29 is 76.3 Å². The van der Waals surface area contributed by atoms with Crippen LogP contribution in [-0.4, -0.2) is 142 Å². The van der Waals surface area contributed by atoms with Gasteiger partial charge in [-0.15, -0.1) is 0 Å². The highest BCUT2D eigenvalue weighted by Crippen LogP contribution is 2.17. The van der Waals surface area contributed by atoms with Gasteiger partial charge in [-0.1, -0.05) is 107 Å². The Morgan fingerprint density at radius 1 is 0.405 bits per heavy atom. The minimum Gasteiger partial charge on any atom is -0.460 e. The summed E-state index contributed by atoms with van der Waals surface area (Å²) in [4.78, 5) is 101. The summed E-state index contributed by atoms with van der Waals surface area (Å²) in [5.74, 6) is -3.58. The van der Waals surface area contributed by atoms with Crippen LogP contribution in [0.25, 0.3) is 0 Å². The fraction of sp³-hybridized carbons (Fsp3) is 0.763.